The van der Waals surface area contributed by atoms with Crippen LogP contribution >= 0.6 is 0 Å². The normalized spacial score (nSPS) is 30.9. The molecule has 2 aliphatic rings. The molecule has 0 bridgehead atoms. The second-order valence-electron chi connectivity index (χ2n) is 6.98. The van der Waals surface area contributed by atoms with Crippen molar-refractivity contribution in [3.63, 3.8) is 0 Å². The molecular formula is C14H24N2O4. The number of likely N-dealkylation sites (tertiary alicyclic amines) is 2. The van der Waals surface area contributed by atoms with Crippen LogP contribution in [0.4, 0.5) is 4.79 Å². The Labute approximate surface area is 119 Å². The first-order chi connectivity index (χ1) is 9.20. The summed E-state index contributed by atoms with van der Waals surface area (Å²) in [5, 5.41) is 18.8. The van der Waals surface area contributed by atoms with Gasteiger partial charge in [0, 0.05) is 26.1 Å². The third kappa shape index (κ3) is 2.90. The van der Waals surface area contributed by atoms with E-state index in [4.69, 9.17) is 5.11 Å². The minimum absolute atomic E-state index is 0.118. The molecule has 2 aliphatic heterocycles. The summed E-state index contributed by atoms with van der Waals surface area (Å²) in [5.41, 5.74) is 0.145. The van der Waals surface area contributed by atoms with Gasteiger partial charge in [-0.05, 0) is 17.8 Å². The second-order valence-corrected chi connectivity index (χ2v) is 6.98. The van der Waals surface area contributed by atoms with Gasteiger partial charge >= 0.3 is 12.0 Å². The number of aliphatic hydroxyl groups is 1. The van der Waals surface area contributed by atoms with Crippen molar-refractivity contribution in [1.29, 1.82) is 0 Å². The fourth-order valence-electron chi connectivity index (χ4n) is 3.08. The molecule has 0 saturated carbocycles. The number of carbonyl (C=O) groups is 2. The van der Waals surface area contributed by atoms with Gasteiger partial charge in [0.15, 0.2) is 0 Å². The number of hydrogen-bond acceptors (Lipinski definition) is 3. The number of nitrogens with zero attached hydrogens (tertiary/aromatic N) is 2. The summed E-state index contributed by atoms with van der Waals surface area (Å²) in [6.45, 7) is 7.93. The maximum absolute atomic E-state index is 12.5. The molecule has 0 radical (unpaired) electrons. The zero-order valence-electron chi connectivity index (χ0n) is 12.4. The van der Waals surface area contributed by atoms with Crippen molar-refractivity contribution in [1.82, 2.24) is 9.80 Å². The van der Waals surface area contributed by atoms with E-state index >= 15 is 0 Å². The van der Waals surface area contributed by atoms with Crippen LogP contribution in [0.3, 0.4) is 0 Å². The van der Waals surface area contributed by atoms with Crippen LogP contribution in [0.2, 0.25) is 0 Å². The number of amides is 2. The lowest BCUT2D eigenvalue weighted by atomic mass is 9.80. The maximum atomic E-state index is 12.5. The van der Waals surface area contributed by atoms with Gasteiger partial charge in [0.25, 0.3) is 0 Å². The van der Waals surface area contributed by atoms with E-state index in [2.05, 4.69) is 20.8 Å². The molecule has 0 aromatic carbocycles. The first-order valence-corrected chi connectivity index (χ1v) is 7.16. The largest absolute Gasteiger partial charge is 0.480 e. The number of aliphatic hydroxyl groups excluding tert-OH is 1. The van der Waals surface area contributed by atoms with Gasteiger partial charge in [-0.25, -0.2) is 9.59 Å². The molecule has 2 fully saturated rings. The molecule has 0 aromatic heterocycles. The number of hydrogen-bond donors (Lipinski definition) is 2. The quantitative estimate of drug-likeness (QED) is 0.752. The van der Waals surface area contributed by atoms with Crippen LogP contribution in [0.5, 0.6) is 0 Å². The summed E-state index contributed by atoms with van der Waals surface area (Å²) in [7, 11) is 0. The zero-order chi connectivity index (χ0) is 15.1. The van der Waals surface area contributed by atoms with Crippen LogP contribution in [-0.2, 0) is 4.79 Å². The number of rotatable bonds is 1. The highest BCUT2D eigenvalue weighted by Gasteiger charge is 2.43. The Hall–Kier alpha value is -1.30. The molecule has 114 valence electrons. The Kier molecular flexibility index (Phi) is 3.95. The molecule has 1 unspecified atom stereocenters. The predicted octanol–water partition coefficient (Wildman–Crippen LogP) is 0.994. The minimum Gasteiger partial charge on any atom is -0.480 e. The monoisotopic (exact) mass is 284 g/mol. The predicted molar refractivity (Wildman–Crippen MR) is 73.3 cm³/mol. The zero-order valence-corrected chi connectivity index (χ0v) is 12.4. The molecule has 0 aliphatic carbocycles. The lowest BCUT2D eigenvalue weighted by Gasteiger charge is -2.30. The topological polar surface area (TPSA) is 81.1 Å². The average molecular weight is 284 g/mol. The molecular weight excluding hydrogens is 260 g/mol. The molecule has 6 heteroatoms. The fraction of sp³-hybridized carbons (Fsp3) is 0.857. The molecule has 6 nitrogen and oxygen atoms in total. The van der Waals surface area contributed by atoms with Crippen LogP contribution in [0.25, 0.3) is 0 Å². The number of carboxylic acids is 1. The summed E-state index contributed by atoms with van der Waals surface area (Å²) in [4.78, 5) is 26.7. The Balaban J connectivity index is 2.03. The summed E-state index contributed by atoms with van der Waals surface area (Å²) in [6.07, 6.45) is 0.335. The van der Waals surface area contributed by atoms with E-state index in [9.17, 15) is 14.7 Å². The molecule has 2 N–H and O–H groups in total. The lowest BCUT2D eigenvalue weighted by Crippen LogP contribution is -2.47. The van der Waals surface area contributed by atoms with E-state index in [-0.39, 0.29) is 24.4 Å². The van der Waals surface area contributed by atoms with Crippen LogP contribution < -0.4 is 0 Å². The minimum atomic E-state index is -1.04. The highest BCUT2D eigenvalue weighted by molar-refractivity contribution is 5.83. The maximum Gasteiger partial charge on any atom is 0.326 e. The van der Waals surface area contributed by atoms with Gasteiger partial charge in [-0.3, -0.25) is 0 Å². The first-order valence-electron chi connectivity index (χ1n) is 7.16. The molecule has 2 heterocycles. The van der Waals surface area contributed by atoms with E-state index in [0.717, 1.165) is 6.42 Å². The number of urea groups is 1. The SMILES string of the molecule is CC(C)(C)C1CCN(C(=O)N2C[C@H](O)C[C@@H]2C(=O)O)C1. The van der Waals surface area contributed by atoms with Crippen molar-refractivity contribution in [2.75, 3.05) is 19.6 Å². The third-order valence-electron chi connectivity index (χ3n) is 4.49. The van der Waals surface area contributed by atoms with E-state index in [1.54, 1.807) is 4.90 Å². The number of carboxylic acid groups (broad SMARTS) is 1. The van der Waals surface area contributed by atoms with Crippen molar-refractivity contribution in [3.8, 4) is 0 Å². The second kappa shape index (κ2) is 5.24. The summed E-state index contributed by atoms with van der Waals surface area (Å²) < 4.78 is 0. The van der Waals surface area contributed by atoms with E-state index < -0.39 is 18.1 Å². The third-order valence-corrected chi connectivity index (χ3v) is 4.49. The van der Waals surface area contributed by atoms with Gasteiger partial charge in [-0.15, -0.1) is 0 Å². The van der Waals surface area contributed by atoms with Crippen molar-refractivity contribution in [2.24, 2.45) is 11.3 Å². The van der Waals surface area contributed by atoms with Gasteiger partial charge in [-0.1, -0.05) is 20.8 Å². The van der Waals surface area contributed by atoms with Crippen molar-refractivity contribution in [3.05, 3.63) is 0 Å². The van der Waals surface area contributed by atoms with Crippen LogP contribution in [-0.4, -0.2) is 63.8 Å². The fourth-order valence-corrected chi connectivity index (χ4v) is 3.08. The van der Waals surface area contributed by atoms with E-state index in [1.807, 2.05) is 0 Å². The van der Waals surface area contributed by atoms with E-state index in [1.165, 1.54) is 4.90 Å². The van der Waals surface area contributed by atoms with Crippen molar-refractivity contribution in [2.45, 2.75) is 45.8 Å². The number of aliphatic carboxylic acids is 1. The standard InChI is InChI=1S/C14H24N2O4/c1-14(2,3)9-4-5-15(7-9)13(20)16-8-10(17)6-11(16)12(18)19/h9-11,17H,4-8H2,1-3H3,(H,18,19)/t9?,10-,11-/m1/s1. The molecule has 20 heavy (non-hydrogen) atoms. The molecule has 0 aromatic rings. The Bertz CT molecular complexity index is 404. The Morgan fingerprint density at radius 2 is 1.85 bits per heavy atom. The van der Waals surface area contributed by atoms with Crippen LogP contribution in [0.15, 0.2) is 0 Å². The highest BCUT2D eigenvalue weighted by Crippen LogP contribution is 2.34. The van der Waals surface area contributed by atoms with Gasteiger partial charge < -0.3 is 20.0 Å². The Morgan fingerprint density at radius 3 is 2.35 bits per heavy atom. The molecule has 0 spiro atoms. The van der Waals surface area contributed by atoms with Gasteiger partial charge in [-0.2, -0.15) is 0 Å². The highest BCUT2D eigenvalue weighted by atomic mass is 16.4. The molecule has 2 amide bonds. The summed E-state index contributed by atoms with van der Waals surface area (Å²) in [5.74, 6) is -0.608. The molecule has 2 rings (SSSR count). The molecule has 3 atom stereocenters. The number of β-amino-alcohol motifs (C(OH)–C–C–N with tert-alkyl or cyclic N) is 1. The smallest absolute Gasteiger partial charge is 0.326 e. The van der Waals surface area contributed by atoms with Crippen molar-refractivity contribution < 1.29 is 19.8 Å². The van der Waals surface area contributed by atoms with Crippen molar-refractivity contribution >= 4 is 12.0 Å². The molecule has 2 saturated heterocycles. The lowest BCUT2D eigenvalue weighted by molar-refractivity contribution is -0.141. The summed E-state index contributed by atoms with van der Waals surface area (Å²) in [6, 6.07) is -1.15. The average Bonchev–Trinajstić information content (AvgIpc) is 2.93. The first kappa shape index (κ1) is 15.1. The van der Waals surface area contributed by atoms with Gasteiger partial charge in [0.05, 0.1) is 6.10 Å². The summed E-state index contributed by atoms with van der Waals surface area (Å²) >= 11 is 0. The van der Waals surface area contributed by atoms with Gasteiger partial charge in [0.1, 0.15) is 6.04 Å². The van der Waals surface area contributed by atoms with E-state index in [0.29, 0.717) is 19.0 Å². The van der Waals surface area contributed by atoms with Crippen LogP contribution in [0, 0.1) is 11.3 Å². The van der Waals surface area contributed by atoms with Gasteiger partial charge in [0.2, 0.25) is 0 Å². The number of carbonyl (C=O) groups excluding carboxylic acids is 1. The Morgan fingerprint density at radius 1 is 1.20 bits per heavy atom. The van der Waals surface area contributed by atoms with Crippen LogP contribution in [0.1, 0.15) is 33.6 Å².